The van der Waals surface area contributed by atoms with Crippen LogP contribution in [-0.4, -0.2) is 50.3 Å². The van der Waals surface area contributed by atoms with Gasteiger partial charge in [-0.25, -0.2) is 4.98 Å². The number of rotatable bonds is 4. The number of halogens is 3. The van der Waals surface area contributed by atoms with Gasteiger partial charge in [-0.1, -0.05) is 6.07 Å². The molecule has 4 heterocycles. The fourth-order valence-electron chi connectivity index (χ4n) is 7.01. The Balaban J connectivity index is 1.19. The first-order valence-corrected chi connectivity index (χ1v) is 13.9. The van der Waals surface area contributed by atoms with Crippen LogP contribution in [0.15, 0.2) is 24.3 Å². The van der Waals surface area contributed by atoms with E-state index < -0.39 is 11.9 Å². The maximum absolute atomic E-state index is 13.2. The summed E-state index contributed by atoms with van der Waals surface area (Å²) in [7, 11) is 0. The predicted octanol–water partition coefficient (Wildman–Crippen LogP) is 6.26. The largest absolute Gasteiger partial charge is 0.433 e. The second kappa shape index (κ2) is 8.26. The Morgan fingerprint density at radius 3 is 2.59 bits per heavy atom. The minimum Gasteiger partial charge on any atom is -0.300 e. The zero-order valence-electron chi connectivity index (χ0n) is 19.9. The summed E-state index contributed by atoms with van der Waals surface area (Å²) in [6.45, 7) is 6.71. The summed E-state index contributed by atoms with van der Waals surface area (Å²) in [5.74, 6) is 4.50. The molecule has 6 rings (SSSR count). The number of pyridine rings is 1. The normalized spacial score (nSPS) is 32.1. The van der Waals surface area contributed by atoms with Gasteiger partial charge in [-0.2, -0.15) is 30.0 Å². The minimum absolute atomic E-state index is 0.161. The molecule has 184 valence electrons. The maximum atomic E-state index is 13.2. The highest BCUT2D eigenvalue weighted by Gasteiger charge is 2.59. The second-order valence-corrected chi connectivity index (χ2v) is 12.4. The van der Waals surface area contributed by atoms with E-state index in [0.717, 1.165) is 6.07 Å². The van der Waals surface area contributed by atoms with Crippen LogP contribution in [0.1, 0.15) is 69.3 Å². The first-order chi connectivity index (χ1) is 16.2. The molecular formula is C26H33F3N4S. The first kappa shape index (κ1) is 22.9. The maximum Gasteiger partial charge on any atom is 0.433 e. The van der Waals surface area contributed by atoms with Gasteiger partial charge in [0.2, 0.25) is 0 Å². The number of thioether (sulfide) groups is 1. The van der Waals surface area contributed by atoms with E-state index >= 15 is 0 Å². The van der Waals surface area contributed by atoms with Gasteiger partial charge >= 0.3 is 6.18 Å². The van der Waals surface area contributed by atoms with Gasteiger partial charge in [0.1, 0.15) is 11.4 Å². The van der Waals surface area contributed by atoms with Crippen LogP contribution in [0.3, 0.4) is 0 Å². The molecule has 0 aromatic carbocycles. The molecule has 0 N–H and O–H groups in total. The Hall–Kier alpha value is -1.54. The lowest BCUT2D eigenvalue weighted by Gasteiger charge is -2.43. The third kappa shape index (κ3) is 3.98. The average molecular weight is 491 g/mol. The van der Waals surface area contributed by atoms with Gasteiger partial charge < -0.3 is 0 Å². The Morgan fingerprint density at radius 1 is 1.12 bits per heavy atom. The van der Waals surface area contributed by atoms with Crippen LogP contribution in [0.5, 0.6) is 0 Å². The summed E-state index contributed by atoms with van der Waals surface area (Å²) in [6, 6.07) is 6.94. The molecule has 0 bridgehead atoms. The van der Waals surface area contributed by atoms with Crippen molar-refractivity contribution in [2.24, 2.45) is 17.3 Å². The van der Waals surface area contributed by atoms with Gasteiger partial charge in [0.15, 0.2) is 0 Å². The van der Waals surface area contributed by atoms with E-state index in [1.165, 1.54) is 68.5 Å². The lowest BCUT2D eigenvalue weighted by Crippen LogP contribution is -2.47. The van der Waals surface area contributed by atoms with E-state index in [2.05, 4.69) is 35.5 Å². The van der Waals surface area contributed by atoms with E-state index in [9.17, 15) is 13.2 Å². The van der Waals surface area contributed by atoms with Crippen molar-refractivity contribution in [1.82, 2.24) is 19.7 Å². The highest BCUT2D eigenvalue weighted by Crippen LogP contribution is 2.64. The van der Waals surface area contributed by atoms with Gasteiger partial charge in [0.25, 0.3) is 0 Å². The molecule has 0 amide bonds. The molecule has 34 heavy (non-hydrogen) atoms. The van der Waals surface area contributed by atoms with Crippen molar-refractivity contribution in [3.63, 3.8) is 0 Å². The summed E-state index contributed by atoms with van der Waals surface area (Å²) in [6.07, 6.45) is 2.17. The van der Waals surface area contributed by atoms with Crippen molar-refractivity contribution in [2.75, 3.05) is 24.6 Å². The van der Waals surface area contributed by atoms with Gasteiger partial charge in [-0.3, -0.25) is 9.58 Å². The Labute approximate surface area is 203 Å². The lowest BCUT2D eigenvalue weighted by atomic mass is 9.79. The number of nitrogens with zero attached hydrogens (tertiary/aromatic N) is 4. The van der Waals surface area contributed by atoms with Crippen molar-refractivity contribution < 1.29 is 13.2 Å². The minimum atomic E-state index is -4.45. The zero-order chi connectivity index (χ0) is 23.7. The molecule has 8 heteroatoms. The van der Waals surface area contributed by atoms with Crippen LogP contribution in [0.25, 0.3) is 11.4 Å². The molecule has 2 saturated heterocycles. The number of fused-ring (bicyclic) bond motifs is 1. The average Bonchev–Trinajstić information content (AvgIpc) is 3.26. The topological polar surface area (TPSA) is 34.0 Å². The lowest BCUT2D eigenvalue weighted by molar-refractivity contribution is -0.141. The third-order valence-corrected chi connectivity index (χ3v) is 10.0. The van der Waals surface area contributed by atoms with Crippen LogP contribution >= 0.6 is 11.8 Å². The molecule has 2 aliphatic heterocycles. The number of likely N-dealkylation sites (tertiary alicyclic amines) is 1. The van der Waals surface area contributed by atoms with Crippen LogP contribution in [0.4, 0.5) is 13.2 Å². The highest BCUT2D eigenvalue weighted by molar-refractivity contribution is 7.99. The number of aromatic nitrogens is 3. The number of piperidine rings is 1. The van der Waals surface area contributed by atoms with Crippen molar-refractivity contribution >= 4 is 11.8 Å². The summed E-state index contributed by atoms with van der Waals surface area (Å²) in [5.41, 5.74) is 1.73. The fourth-order valence-corrected chi connectivity index (χ4v) is 8.54. The van der Waals surface area contributed by atoms with E-state index in [1.54, 1.807) is 6.07 Å². The Kier molecular flexibility index (Phi) is 5.56. The smallest absolute Gasteiger partial charge is 0.300 e. The number of hydrogen-bond acceptors (Lipinski definition) is 4. The Morgan fingerprint density at radius 2 is 1.91 bits per heavy atom. The molecule has 1 spiro atoms. The molecule has 2 saturated carbocycles. The van der Waals surface area contributed by atoms with E-state index in [0.29, 0.717) is 40.6 Å². The quantitative estimate of drug-likeness (QED) is 0.507. The first-order valence-electron chi connectivity index (χ1n) is 12.7. The van der Waals surface area contributed by atoms with Crippen LogP contribution < -0.4 is 0 Å². The van der Waals surface area contributed by atoms with Crippen molar-refractivity contribution in [1.29, 1.82) is 0 Å². The van der Waals surface area contributed by atoms with E-state index in [4.69, 9.17) is 5.10 Å². The molecule has 4 nitrogen and oxygen atoms in total. The van der Waals surface area contributed by atoms with Crippen LogP contribution in [-0.2, 0) is 6.18 Å². The Bertz CT molecular complexity index is 1050. The van der Waals surface area contributed by atoms with Crippen molar-refractivity contribution in [3.8, 4) is 11.4 Å². The van der Waals surface area contributed by atoms with Crippen LogP contribution in [0, 0.1) is 17.3 Å². The van der Waals surface area contributed by atoms with Gasteiger partial charge in [0.05, 0.1) is 5.69 Å². The van der Waals surface area contributed by atoms with E-state index in [1.807, 2.05) is 10.7 Å². The molecule has 4 fully saturated rings. The third-order valence-electron chi connectivity index (χ3n) is 8.71. The molecular weight excluding hydrogens is 457 g/mol. The summed E-state index contributed by atoms with van der Waals surface area (Å²) in [4.78, 5) is 6.68. The molecule has 2 aromatic rings. The molecule has 0 radical (unpaired) electrons. The molecule has 4 aliphatic rings. The summed E-state index contributed by atoms with van der Waals surface area (Å²) >= 11 is 2.13. The number of alkyl halides is 3. The summed E-state index contributed by atoms with van der Waals surface area (Å²) in [5, 5.41) is 4.72. The monoisotopic (exact) mass is 490 g/mol. The number of hydrogen-bond donors (Lipinski definition) is 0. The van der Waals surface area contributed by atoms with Gasteiger partial charge in [-0.15, -0.1) is 0 Å². The summed E-state index contributed by atoms with van der Waals surface area (Å²) < 4.78 is 41.6. The highest BCUT2D eigenvalue weighted by atomic mass is 32.2. The molecule has 2 aromatic heterocycles. The van der Waals surface area contributed by atoms with Gasteiger partial charge in [-0.05, 0) is 93.7 Å². The zero-order valence-corrected chi connectivity index (χ0v) is 20.7. The predicted molar refractivity (Wildman–Crippen MR) is 129 cm³/mol. The van der Waals surface area contributed by atoms with Crippen LogP contribution in [0.2, 0.25) is 0 Å². The fraction of sp³-hybridized carbons (Fsp3) is 0.692. The van der Waals surface area contributed by atoms with Gasteiger partial charge in [0, 0.05) is 36.0 Å². The molecule has 0 unspecified atom stereocenters. The SMILES string of the molecule is CC(C)n1nc(-c2cccc(C(F)(F)F)n2)cc1C1[C@@H]2CC(N3CCC[C@@]4(CCSC4)C3)C[C@@H]12. The standard InChI is InChI=1S/C26H33F3N4S/c1-16(2)33-22(13-21(31-33)20-5-3-6-23(30-20)26(27,28)29)24-18-11-17(12-19(18)24)32-9-4-7-25(14-32)8-10-34-15-25/h3,5-6,13,16-19,24H,4,7-12,14-15H2,1-2H3/t17?,18-,19-,24?,25-/m1/s1. The van der Waals surface area contributed by atoms with Crippen molar-refractivity contribution in [2.45, 2.75) is 70.1 Å². The molecule has 2 aliphatic carbocycles. The molecule has 3 atom stereocenters. The van der Waals surface area contributed by atoms with Crippen molar-refractivity contribution in [3.05, 3.63) is 35.7 Å². The second-order valence-electron chi connectivity index (χ2n) is 11.3. The van der Waals surface area contributed by atoms with E-state index in [-0.39, 0.29) is 6.04 Å².